The summed E-state index contributed by atoms with van der Waals surface area (Å²) in [5.74, 6) is -1.07. The number of nitrogens with one attached hydrogen (secondary N) is 1. The Morgan fingerprint density at radius 3 is 2.68 bits per heavy atom. The number of rotatable bonds is 7. The number of carbonyl (C=O) groups excluding carboxylic acids is 1. The number of aromatic nitrogens is 2. The van der Waals surface area contributed by atoms with Crippen LogP contribution >= 0.6 is 0 Å². The molecule has 1 atom stereocenters. The van der Waals surface area contributed by atoms with E-state index in [-0.39, 0.29) is 19.2 Å². The van der Waals surface area contributed by atoms with Crippen LogP contribution in [0.2, 0.25) is 0 Å². The number of ether oxygens (including phenoxy) is 1. The molecule has 0 radical (unpaired) electrons. The third-order valence-electron chi connectivity index (χ3n) is 5.00. The number of halogens is 3. The van der Waals surface area contributed by atoms with Gasteiger partial charge < -0.3 is 4.74 Å². The Morgan fingerprint density at radius 1 is 1.35 bits per heavy atom. The number of hydrogen-bond donors (Lipinski definition) is 1. The van der Waals surface area contributed by atoms with E-state index in [9.17, 15) is 26.4 Å². The molecular formula is C20H24F3N3O4S. The molecular weight excluding hydrogens is 435 g/mol. The summed E-state index contributed by atoms with van der Waals surface area (Å²) in [5, 5.41) is 3.01. The van der Waals surface area contributed by atoms with Crippen LogP contribution in [0.25, 0.3) is 0 Å². The molecule has 31 heavy (non-hydrogen) atoms. The van der Waals surface area contributed by atoms with Gasteiger partial charge in [-0.2, -0.15) is 18.3 Å². The maximum absolute atomic E-state index is 13.3. The summed E-state index contributed by atoms with van der Waals surface area (Å²) in [5.41, 5.74) is 0.750. The molecule has 1 heterocycles. The lowest BCUT2D eigenvalue weighted by atomic mass is 9.96. The molecule has 0 spiro atoms. The number of hydrogen-bond acceptors (Lipinski definition) is 5. The van der Waals surface area contributed by atoms with Crippen molar-refractivity contribution in [2.45, 2.75) is 57.6 Å². The van der Waals surface area contributed by atoms with Gasteiger partial charge in [-0.05, 0) is 50.3 Å². The van der Waals surface area contributed by atoms with Gasteiger partial charge in [0.25, 0.3) is 0 Å². The largest absolute Gasteiger partial charge is 0.462 e. The highest BCUT2D eigenvalue weighted by Gasteiger charge is 2.39. The molecule has 0 amide bonds. The minimum absolute atomic E-state index is 0.0433. The topological polar surface area (TPSA) is 90.3 Å². The molecule has 1 N–H and O–H groups in total. The van der Waals surface area contributed by atoms with Gasteiger partial charge in [0.05, 0.1) is 18.4 Å². The fourth-order valence-electron chi connectivity index (χ4n) is 3.44. The van der Waals surface area contributed by atoms with Gasteiger partial charge in [-0.1, -0.05) is 18.2 Å². The highest BCUT2D eigenvalue weighted by molar-refractivity contribution is 7.90. The van der Waals surface area contributed by atoms with Crippen LogP contribution in [0, 0.1) is 0 Å². The van der Waals surface area contributed by atoms with Gasteiger partial charge in [0.2, 0.25) is 10.0 Å². The van der Waals surface area contributed by atoms with Crippen molar-refractivity contribution >= 4 is 16.0 Å². The Bertz CT molecular complexity index is 1070. The van der Waals surface area contributed by atoms with E-state index < -0.39 is 38.7 Å². The van der Waals surface area contributed by atoms with Gasteiger partial charge in [-0.15, -0.1) is 0 Å². The van der Waals surface area contributed by atoms with Crippen molar-refractivity contribution in [3.8, 4) is 0 Å². The van der Waals surface area contributed by atoms with Crippen molar-refractivity contribution in [3.05, 3.63) is 52.4 Å². The Balaban J connectivity index is 1.76. The number of allylic oxidation sites excluding steroid dienone is 4. The Morgan fingerprint density at radius 2 is 2.06 bits per heavy atom. The average Bonchev–Trinajstić information content (AvgIpc) is 3.24. The van der Waals surface area contributed by atoms with Crippen LogP contribution in [0.5, 0.6) is 0 Å². The van der Waals surface area contributed by atoms with Crippen molar-refractivity contribution < 1.29 is 31.1 Å². The lowest BCUT2D eigenvalue weighted by Crippen LogP contribution is -2.37. The number of alkyl halides is 3. The Kier molecular flexibility index (Phi) is 6.47. The molecule has 0 unspecified atom stereocenters. The number of fused-ring (bicyclic) bond motifs is 1. The average molecular weight is 459 g/mol. The molecule has 170 valence electrons. The van der Waals surface area contributed by atoms with Crippen LogP contribution in [-0.2, 0) is 27.5 Å². The Labute approximate surface area is 178 Å². The van der Waals surface area contributed by atoms with Gasteiger partial charge in [0.1, 0.15) is 5.56 Å². The predicted molar refractivity (Wildman–Crippen MR) is 108 cm³/mol. The molecule has 0 saturated carbocycles. The SMILES string of the molecule is CCOC(=O)c1cn(CC2=CCC3=C[C@@H](NS(=O)(=O)C(C)C)CC3=C2)nc1C(F)(F)F. The maximum atomic E-state index is 13.3. The predicted octanol–water partition coefficient (Wildman–Crippen LogP) is 3.36. The standard InChI is InChI=1S/C20H24F3N3O4S/c1-4-30-19(27)17-11-26(24-18(17)20(21,22)23)10-13-5-6-14-8-16(9-15(14)7-13)25-31(28,29)12(2)3/h5,7-8,11-12,16,25H,4,6,9-10H2,1-3H3/t16-/m1/s1. The van der Waals surface area contributed by atoms with Gasteiger partial charge in [0, 0.05) is 12.2 Å². The highest BCUT2D eigenvalue weighted by Crippen LogP contribution is 2.35. The molecule has 0 aromatic carbocycles. The third kappa shape index (κ3) is 5.27. The number of nitrogens with zero attached hydrogens (tertiary/aromatic N) is 2. The summed E-state index contributed by atoms with van der Waals surface area (Å²) < 4.78 is 72.5. The number of esters is 1. The van der Waals surface area contributed by atoms with Crippen LogP contribution in [0.15, 0.2) is 41.1 Å². The Hall–Kier alpha value is -2.40. The quantitative estimate of drug-likeness (QED) is 0.632. The van der Waals surface area contributed by atoms with Crippen molar-refractivity contribution in [1.82, 2.24) is 14.5 Å². The zero-order chi connectivity index (χ0) is 23.0. The molecule has 11 heteroatoms. The van der Waals surface area contributed by atoms with Gasteiger partial charge >= 0.3 is 12.1 Å². The third-order valence-corrected chi connectivity index (χ3v) is 6.88. The van der Waals surface area contributed by atoms with Crippen LogP contribution in [0.1, 0.15) is 49.7 Å². The second-order valence-corrected chi connectivity index (χ2v) is 9.94. The molecule has 3 rings (SSSR count). The lowest BCUT2D eigenvalue weighted by molar-refractivity contribution is -0.142. The zero-order valence-electron chi connectivity index (χ0n) is 17.4. The molecule has 1 aromatic heterocycles. The fourth-order valence-corrected chi connectivity index (χ4v) is 4.29. The number of carbonyl (C=O) groups is 1. The van der Waals surface area contributed by atoms with E-state index in [1.54, 1.807) is 13.8 Å². The molecule has 1 aromatic rings. The summed E-state index contributed by atoms with van der Waals surface area (Å²) in [6, 6.07) is -0.349. The summed E-state index contributed by atoms with van der Waals surface area (Å²) in [6.07, 6.45) is 2.83. The second-order valence-electron chi connectivity index (χ2n) is 7.67. The van der Waals surface area contributed by atoms with Crippen LogP contribution in [-0.4, -0.2) is 42.1 Å². The molecule has 0 bridgehead atoms. The van der Waals surface area contributed by atoms with E-state index in [2.05, 4.69) is 9.82 Å². The summed E-state index contributed by atoms with van der Waals surface area (Å²) in [4.78, 5) is 11.9. The second kappa shape index (κ2) is 8.62. The first-order valence-corrected chi connectivity index (χ1v) is 11.4. The summed E-state index contributed by atoms with van der Waals surface area (Å²) in [7, 11) is -3.42. The number of sulfonamides is 1. The van der Waals surface area contributed by atoms with E-state index >= 15 is 0 Å². The van der Waals surface area contributed by atoms with Gasteiger partial charge in [-0.3, -0.25) is 4.68 Å². The monoisotopic (exact) mass is 459 g/mol. The van der Waals surface area contributed by atoms with E-state index in [4.69, 9.17) is 4.74 Å². The van der Waals surface area contributed by atoms with E-state index in [0.717, 1.165) is 27.6 Å². The van der Waals surface area contributed by atoms with E-state index in [1.807, 2.05) is 18.2 Å². The van der Waals surface area contributed by atoms with Gasteiger partial charge in [-0.25, -0.2) is 17.9 Å². The smallest absolute Gasteiger partial charge is 0.436 e. The van der Waals surface area contributed by atoms with Crippen molar-refractivity contribution in [1.29, 1.82) is 0 Å². The van der Waals surface area contributed by atoms with Gasteiger partial charge in [0.15, 0.2) is 5.69 Å². The highest BCUT2D eigenvalue weighted by atomic mass is 32.2. The first kappa shape index (κ1) is 23.3. The maximum Gasteiger partial charge on any atom is 0.436 e. The summed E-state index contributed by atoms with van der Waals surface area (Å²) in [6.45, 7) is 4.70. The lowest BCUT2D eigenvalue weighted by Gasteiger charge is -2.15. The summed E-state index contributed by atoms with van der Waals surface area (Å²) >= 11 is 0. The zero-order valence-corrected chi connectivity index (χ0v) is 18.2. The first-order chi connectivity index (χ1) is 14.4. The van der Waals surface area contributed by atoms with E-state index in [0.29, 0.717) is 12.8 Å². The normalized spacial score (nSPS) is 19.1. The minimum atomic E-state index is -4.78. The minimum Gasteiger partial charge on any atom is -0.462 e. The van der Waals surface area contributed by atoms with Crippen molar-refractivity contribution in [3.63, 3.8) is 0 Å². The molecule has 7 nitrogen and oxygen atoms in total. The first-order valence-electron chi connectivity index (χ1n) is 9.84. The van der Waals surface area contributed by atoms with Crippen LogP contribution in [0.3, 0.4) is 0 Å². The van der Waals surface area contributed by atoms with Crippen LogP contribution in [0.4, 0.5) is 13.2 Å². The fraction of sp³-hybridized carbons (Fsp3) is 0.500. The van der Waals surface area contributed by atoms with Crippen molar-refractivity contribution in [2.75, 3.05) is 6.61 Å². The molecule has 2 aliphatic rings. The molecule has 2 aliphatic carbocycles. The molecule has 0 aliphatic heterocycles. The van der Waals surface area contributed by atoms with E-state index in [1.165, 1.54) is 6.92 Å². The van der Waals surface area contributed by atoms with Crippen LogP contribution < -0.4 is 4.72 Å². The van der Waals surface area contributed by atoms with Crippen molar-refractivity contribution in [2.24, 2.45) is 0 Å². The molecule has 0 fully saturated rings. The molecule has 0 saturated heterocycles.